The maximum absolute atomic E-state index is 6.04. The second kappa shape index (κ2) is 5.55. The average Bonchev–Trinajstić information content (AvgIpc) is 3.02. The number of rotatable bonds is 3. The quantitative estimate of drug-likeness (QED) is 0.844. The standard InChI is InChI=1S/C13H15ClO4/c14-10-3-1-2-9(8-10)11(12-15-4-5-16-12)13-17-6-7-18-13/h1-3,8,11-13H,4-7H2. The van der Waals surface area contributed by atoms with E-state index in [0.29, 0.717) is 31.5 Å². The number of hydrogen-bond donors (Lipinski definition) is 0. The van der Waals surface area contributed by atoms with Gasteiger partial charge < -0.3 is 18.9 Å². The fraction of sp³-hybridized carbons (Fsp3) is 0.538. The molecule has 2 saturated heterocycles. The maximum atomic E-state index is 6.04. The van der Waals surface area contributed by atoms with Crippen molar-refractivity contribution in [2.45, 2.75) is 18.5 Å². The van der Waals surface area contributed by atoms with E-state index in [1.165, 1.54) is 0 Å². The van der Waals surface area contributed by atoms with Crippen molar-refractivity contribution in [3.05, 3.63) is 34.9 Å². The van der Waals surface area contributed by atoms with Crippen molar-refractivity contribution >= 4 is 11.6 Å². The van der Waals surface area contributed by atoms with Gasteiger partial charge in [0, 0.05) is 5.02 Å². The van der Waals surface area contributed by atoms with E-state index in [1.54, 1.807) is 0 Å². The third-order valence-corrected chi connectivity index (χ3v) is 3.35. The Morgan fingerprint density at radius 2 is 1.50 bits per heavy atom. The molecule has 3 rings (SSSR count). The van der Waals surface area contributed by atoms with Gasteiger partial charge in [0.25, 0.3) is 0 Å². The summed E-state index contributed by atoms with van der Waals surface area (Å²) in [4.78, 5) is 0. The van der Waals surface area contributed by atoms with Crippen molar-refractivity contribution in [1.82, 2.24) is 0 Å². The van der Waals surface area contributed by atoms with Crippen LogP contribution in [0.5, 0.6) is 0 Å². The predicted molar refractivity (Wildman–Crippen MR) is 65.6 cm³/mol. The molecule has 1 aromatic rings. The summed E-state index contributed by atoms with van der Waals surface area (Å²) in [6.45, 7) is 2.42. The van der Waals surface area contributed by atoms with Gasteiger partial charge in [-0.1, -0.05) is 23.7 Å². The molecule has 5 heteroatoms. The van der Waals surface area contributed by atoms with Crippen molar-refractivity contribution in [1.29, 1.82) is 0 Å². The minimum Gasteiger partial charge on any atom is -0.349 e. The van der Waals surface area contributed by atoms with Crippen LogP contribution in [0.3, 0.4) is 0 Å². The lowest BCUT2D eigenvalue weighted by Crippen LogP contribution is -2.31. The monoisotopic (exact) mass is 270 g/mol. The molecule has 0 aromatic heterocycles. The molecule has 0 saturated carbocycles. The molecule has 2 aliphatic rings. The molecule has 2 aliphatic heterocycles. The van der Waals surface area contributed by atoms with Gasteiger partial charge in [-0.3, -0.25) is 0 Å². The molecule has 4 nitrogen and oxygen atoms in total. The molecule has 0 aliphatic carbocycles. The van der Waals surface area contributed by atoms with Gasteiger partial charge in [0.15, 0.2) is 12.6 Å². The van der Waals surface area contributed by atoms with Gasteiger partial charge in [-0.25, -0.2) is 0 Å². The van der Waals surface area contributed by atoms with Crippen molar-refractivity contribution < 1.29 is 18.9 Å². The molecule has 18 heavy (non-hydrogen) atoms. The largest absolute Gasteiger partial charge is 0.349 e. The van der Waals surface area contributed by atoms with Crippen LogP contribution in [0.1, 0.15) is 11.5 Å². The number of hydrogen-bond acceptors (Lipinski definition) is 4. The molecule has 0 radical (unpaired) electrons. The van der Waals surface area contributed by atoms with Crippen molar-refractivity contribution in [2.24, 2.45) is 0 Å². The highest BCUT2D eigenvalue weighted by atomic mass is 35.5. The lowest BCUT2D eigenvalue weighted by molar-refractivity contribution is -0.145. The molecule has 0 unspecified atom stereocenters. The molecule has 2 heterocycles. The zero-order valence-corrected chi connectivity index (χ0v) is 10.6. The Hall–Kier alpha value is -0.650. The van der Waals surface area contributed by atoms with E-state index in [9.17, 15) is 0 Å². The predicted octanol–water partition coefficient (Wildman–Crippen LogP) is 2.17. The third-order valence-electron chi connectivity index (χ3n) is 3.12. The Bertz CT molecular complexity index is 384. The summed E-state index contributed by atoms with van der Waals surface area (Å²) < 4.78 is 22.4. The van der Waals surface area contributed by atoms with Crippen LogP contribution in [0.25, 0.3) is 0 Å². The number of halogens is 1. The van der Waals surface area contributed by atoms with Crippen molar-refractivity contribution in [3.63, 3.8) is 0 Å². The van der Waals surface area contributed by atoms with Gasteiger partial charge in [0.2, 0.25) is 0 Å². The first-order chi connectivity index (χ1) is 8.84. The summed E-state index contributed by atoms with van der Waals surface area (Å²) in [5.41, 5.74) is 1.02. The average molecular weight is 271 g/mol. The van der Waals surface area contributed by atoms with E-state index in [0.717, 1.165) is 5.56 Å². The first-order valence-corrected chi connectivity index (χ1v) is 6.44. The molecule has 2 fully saturated rings. The topological polar surface area (TPSA) is 36.9 Å². The van der Waals surface area contributed by atoms with Crippen LogP contribution in [0.2, 0.25) is 5.02 Å². The van der Waals surface area contributed by atoms with E-state index < -0.39 is 0 Å². The summed E-state index contributed by atoms with van der Waals surface area (Å²) in [5, 5.41) is 0.688. The van der Waals surface area contributed by atoms with Gasteiger partial charge >= 0.3 is 0 Å². The maximum Gasteiger partial charge on any atom is 0.169 e. The summed E-state index contributed by atoms with van der Waals surface area (Å²) in [5.74, 6) is -0.103. The second-order valence-corrected chi connectivity index (χ2v) is 4.74. The third kappa shape index (κ3) is 2.53. The van der Waals surface area contributed by atoms with E-state index in [-0.39, 0.29) is 18.5 Å². The van der Waals surface area contributed by atoms with Crippen LogP contribution in [0, 0.1) is 0 Å². The fourth-order valence-corrected chi connectivity index (χ4v) is 2.52. The Balaban J connectivity index is 1.88. The molecular weight excluding hydrogens is 256 g/mol. The highest BCUT2D eigenvalue weighted by Crippen LogP contribution is 2.33. The normalized spacial score (nSPS) is 22.1. The van der Waals surface area contributed by atoms with Crippen LogP contribution < -0.4 is 0 Å². The molecule has 0 spiro atoms. The summed E-state index contributed by atoms with van der Waals surface area (Å²) >= 11 is 6.04. The van der Waals surface area contributed by atoms with Crippen LogP contribution in [-0.4, -0.2) is 39.0 Å². The van der Waals surface area contributed by atoms with E-state index in [1.807, 2.05) is 24.3 Å². The van der Waals surface area contributed by atoms with Gasteiger partial charge in [-0.05, 0) is 17.7 Å². The zero-order valence-electron chi connectivity index (χ0n) is 9.88. The molecule has 0 amide bonds. The minimum absolute atomic E-state index is 0.103. The van der Waals surface area contributed by atoms with Crippen molar-refractivity contribution in [2.75, 3.05) is 26.4 Å². The van der Waals surface area contributed by atoms with Crippen LogP contribution in [0.4, 0.5) is 0 Å². The van der Waals surface area contributed by atoms with Gasteiger partial charge in [-0.15, -0.1) is 0 Å². The second-order valence-electron chi connectivity index (χ2n) is 4.30. The van der Waals surface area contributed by atoms with Gasteiger partial charge in [0.05, 0.1) is 32.3 Å². The Kier molecular flexibility index (Phi) is 3.82. The van der Waals surface area contributed by atoms with E-state index in [4.69, 9.17) is 30.5 Å². The van der Waals surface area contributed by atoms with Crippen molar-refractivity contribution in [3.8, 4) is 0 Å². The lowest BCUT2D eigenvalue weighted by Gasteiger charge is -2.26. The molecule has 0 atom stereocenters. The molecule has 0 bridgehead atoms. The summed E-state index contributed by atoms with van der Waals surface area (Å²) in [6.07, 6.45) is -0.655. The summed E-state index contributed by atoms with van der Waals surface area (Å²) in [6, 6.07) is 7.65. The highest BCUT2D eigenvalue weighted by Gasteiger charge is 2.38. The van der Waals surface area contributed by atoms with E-state index >= 15 is 0 Å². The molecular formula is C13H15ClO4. The Morgan fingerprint density at radius 3 is 2.00 bits per heavy atom. The van der Waals surface area contributed by atoms with Crippen LogP contribution in [-0.2, 0) is 18.9 Å². The first kappa shape index (κ1) is 12.4. The van der Waals surface area contributed by atoms with E-state index in [2.05, 4.69) is 0 Å². The fourth-order valence-electron chi connectivity index (χ4n) is 2.32. The smallest absolute Gasteiger partial charge is 0.169 e. The Morgan fingerprint density at radius 1 is 0.944 bits per heavy atom. The molecule has 0 N–H and O–H groups in total. The summed E-state index contributed by atoms with van der Waals surface area (Å²) in [7, 11) is 0. The Labute approximate surface area is 111 Å². The molecule has 98 valence electrons. The highest BCUT2D eigenvalue weighted by molar-refractivity contribution is 6.30. The minimum atomic E-state index is -0.327. The van der Waals surface area contributed by atoms with Crippen LogP contribution >= 0.6 is 11.6 Å². The first-order valence-electron chi connectivity index (χ1n) is 6.06. The number of ether oxygens (including phenoxy) is 4. The van der Waals surface area contributed by atoms with Gasteiger partial charge in [-0.2, -0.15) is 0 Å². The van der Waals surface area contributed by atoms with Crippen LogP contribution in [0.15, 0.2) is 24.3 Å². The number of benzene rings is 1. The van der Waals surface area contributed by atoms with Gasteiger partial charge in [0.1, 0.15) is 0 Å². The SMILES string of the molecule is Clc1cccc(C(C2OCCO2)C2OCCO2)c1. The zero-order chi connectivity index (χ0) is 12.4. The lowest BCUT2D eigenvalue weighted by atomic mass is 9.98. The molecule has 1 aromatic carbocycles.